The number of carboxylic acids is 1. The van der Waals surface area contributed by atoms with E-state index in [-0.39, 0.29) is 12.5 Å². The zero-order valence-corrected chi connectivity index (χ0v) is 14.5. The summed E-state index contributed by atoms with van der Waals surface area (Å²) < 4.78 is 7.27. The molecule has 0 spiro atoms. The van der Waals surface area contributed by atoms with Crippen LogP contribution in [0.25, 0.3) is 16.2 Å². The van der Waals surface area contributed by atoms with Crippen molar-refractivity contribution in [1.29, 1.82) is 0 Å². The van der Waals surface area contributed by atoms with Crippen molar-refractivity contribution < 1.29 is 19.4 Å². The highest BCUT2D eigenvalue weighted by Crippen LogP contribution is 2.36. The van der Waals surface area contributed by atoms with Crippen molar-refractivity contribution in [3.8, 4) is 17.0 Å². The molecule has 1 aliphatic rings. The molecule has 0 atom stereocenters. The first-order chi connectivity index (χ1) is 12.0. The number of ether oxygens (including phenoxy) is 1. The average molecular weight is 357 g/mol. The van der Waals surface area contributed by atoms with Crippen molar-refractivity contribution in [3.05, 3.63) is 35.0 Å². The fraction of sp³-hybridized carbons (Fsp3) is 0.235. The van der Waals surface area contributed by atoms with Crippen LogP contribution < -0.4 is 9.64 Å². The lowest BCUT2D eigenvalue weighted by Gasteiger charge is -2.26. The van der Waals surface area contributed by atoms with Gasteiger partial charge in [-0.15, -0.1) is 0 Å². The Morgan fingerprint density at radius 2 is 2.24 bits per heavy atom. The van der Waals surface area contributed by atoms with Gasteiger partial charge in [-0.05, 0) is 24.6 Å². The van der Waals surface area contributed by atoms with Gasteiger partial charge < -0.3 is 14.7 Å². The molecule has 25 heavy (non-hydrogen) atoms. The maximum atomic E-state index is 11.8. The Kier molecular flexibility index (Phi) is 3.50. The highest BCUT2D eigenvalue weighted by atomic mass is 32.1. The molecule has 4 rings (SSSR count). The second-order valence-electron chi connectivity index (χ2n) is 5.74. The summed E-state index contributed by atoms with van der Waals surface area (Å²) in [5, 5.41) is 9.31. The van der Waals surface area contributed by atoms with Crippen molar-refractivity contribution in [2.45, 2.75) is 13.3 Å². The standard InChI is InChI=1S/C17H15N3O4S/c1-3-11-15(16(22)23)25-17-18-10(7-20(11)17)9-4-5-13-12(6-9)19(2)14(21)8-24-13/h4-7H,3,8H2,1-2H3,(H,22,23). The third kappa shape index (κ3) is 2.37. The number of aromatic carboxylic acids is 1. The number of carbonyl (C=O) groups excluding carboxylic acids is 1. The predicted molar refractivity (Wildman–Crippen MR) is 93.7 cm³/mol. The van der Waals surface area contributed by atoms with E-state index in [1.165, 1.54) is 0 Å². The van der Waals surface area contributed by atoms with Crippen LogP contribution in [0.3, 0.4) is 0 Å². The van der Waals surface area contributed by atoms with Crippen molar-refractivity contribution in [2.75, 3.05) is 18.6 Å². The van der Waals surface area contributed by atoms with Gasteiger partial charge in [0.1, 0.15) is 10.6 Å². The lowest BCUT2D eigenvalue weighted by Crippen LogP contribution is -2.35. The van der Waals surface area contributed by atoms with Gasteiger partial charge in [-0.2, -0.15) is 0 Å². The maximum absolute atomic E-state index is 11.8. The first-order valence-corrected chi connectivity index (χ1v) is 8.59. The normalized spacial score (nSPS) is 13.8. The van der Waals surface area contributed by atoms with E-state index in [1.54, 1.807) is 11.9 Å². The predicted octanol–water partition coefficient (Wildman–Crippen LogP) is 2.68. The number of hydrogen-bond acceptors (Lipinski definition) is 5. The van der Waals surface area contributed by atoms with E-state index in [1.807, 2.05) is 35.7 Å². The molecule has 1 aliphatic heterocycles. The summed E-state index contributed by atoms with van der Waals surface area (Å²) in [5.74, 6) is -0.371. The molecule has 0 saturated heterocycles. The molecule has 128 valence electrons. The number of imidazole rings is 1. The number of aryl methyl sites for hydroxylation is 1. The first kappa shape index (κ1) is 15.6. The number of hydrogen-bond donors (Lipinski definition) is 1. The number of amides is 1. The van der Waals surface area contributed by atoms with Gasteiger partial charge in [-0.25, -0.2) is 9.78 Å². The van der Waals surface area contributed by atoms with Gasteiger partial charge in [0.25, 0.3) is 5.91 Å². The second-order valence-corrected chi connectivity index (χ2v) is 6.72. The van der Waals surface area contributed by atoms with Gasteiger partial charge in [-0.3, -0.25) is 9.20 Å². The Bertz CT molecular complexity index is 1020. The Morgan fingerprint density at radius 1 is 1.44 bits per heavy atom. The summed E-state index contributed by atoms with van der Waals surface area (Å²) in [6.07, 6.45) is 2.44. The molecular weight excluding hydrogens is 342 g/mol. The quantitative estimate of drug-likeness (QED) is 0.779. The third-order valence-electron chi connectivity index (χ3n) is 4.29. The van der Waals surface area contributed by atoms with Crippen LogP contribution in [0.15, 0.2) is 24.4 Å². The molecule has 1 amide bonds. The molecule has 0 radical (unpaired) electrons. The van der Waals surface area contributed by atoms with Gasteiger partial charge >= 0.3 is 5.97 Å². The first-order valence-electron chi connectivity index (χ1n) is 7.77. The van der Waals surface area contributed by atoms with Gasteiger partial charge in [-0.1, -0.05) is 18.3 Å². The zero-order chi connectivity index (χ0) is 17.7. The molecule has 1 aromatic carbocycles. The summed E-state index contributed by atoms with van der Waals surface area (Å²) in [5.41, 5.74) is 3.01. The number of anilines is 1. The number of fused-ring (bicyclic) bond motifs is 2. The minimum Gasteiger partial charge on any atom is -0.482 e. The fourth-order valence-corrected chi connectivity index (χ4v) is 3.99. The van der Waals surface area contributed by atoms with Crippen molar-refractivity contribution >= 4 is 33.9 Å². The van der Waals surface area contributed by atoms with Crippen LogP contribution in [0.5, 0.6) is 5.75 Å². The van der Waals surface area contributed by atoms with Crippen LogP contribution in [-0.2, 0) is 11.2 Å². The minimum atomic E-state index is -0.931. The zero-order valence-electron chi connectivity index (χ0n) is 13.6. The van der Waals surface area contributed by atoms with Crippen LogP contribution in [0, 0.1) is 0 Å². The Hall–Kier alpha value is -2.87. The molecule has 0 unspecified atom stereocenters. The van der Waals surface area contributed by atoms with E-state index in [9.17, 15) is 14.7 Å². The summed E-state index contributed by atoms with van der Waals surface area (Å²) in [6.45, 7) is 1.96. The molecular formula is C17H15N3O4S. The van der Waals surface area contributed by atoms with E-state index in [0.717, 1.165) is 28.3 Å². The maximum Gasteiger partial charge on any atom is 0.347 e. The number of aromatic nitrogens is 2. The lowest BCUT2D eigenvalue weighted by molar-refractivity contribution is -0.120. The van der Waals surface area contributed by atoms with E-state index >= 15 is 0 Å². The number of carboxylic acid groups (broad SMARTS) is 1. The van der Waals surface area contributed by atoms with E-state index in [0.29, 0.717) is 27.7 Å². The van der Waals surface area contributed by atoms with Gasteiger partial charge in [0.2, 0.25) is 0 Å². The summed E-state index contributed by atoms with van der Waals surface area (Å²) in [7, 11) is 1.72. The van der Waals surface area contributed by atoms with Crippen LogP contribution in [0.4, 0.5) is 5.69 Å². The molecule has 7 nitrogen and oxygen atoms in total. The fourth-order valence-electron chi connectivity index (χ4n) is 2.96. The topological polar surface area (TPSA) is 84.1 Å². The van der Waals surface area contributed by atoms with Crippen LogP contribution in [-0.4, -0.2) is 40.0 Å². The lowest BCUT2D eigenvalue weighted by atomic mass is 10.1. The highest BCUT2D eigenvalue weighted by Gasteiger charge is 2.24. The van der Waals surface area contributed by atoms with Gasteiger partial charge in [0.05, 0.1) is 11.4 Å². The Labute approximate surface area is 147 Å². The van der Waals surface area contributed by atoms with Crippen LogP contribution >= 0.6 is 11.3 Å². The summed E-state index contributed by atoms with van der Waals surface area (Å²) in [6, 6.07) is 5.58. The number of nitrogens with zero attached hydrogens (tertiary/aromatic N) is 3. The van der Waals surface area contributed by atoms with Crippen molar-refractivity contribution in [2.24, 2.45) is 0 Å². The Balaban J connectivity index is 1.81. The van der Waals surface area contributed by atoms with Gasteiger partial charge in [0.15, 0.2) is 11.6 Å². The van der Waals surface area contributed by atoms with E-state index in [4.69, 9.17) is 4.74 Å². The third-order valence-corrected chi connectivity index (χ3v) is 5.38. The molecule has 0 aliphatic carbocycles. The minimum absolute atomic E-state index is 0.0425. The van der Waals surface area contributed by atoms with E-state index in [2.05, 4.69) is 4.98 Å². The smallest absolute Gasteiger partial charge is 0.347 e. The summed E-state index contributed by atoms with van der Waals surface area (Å²) in [4.78, 5) is 30.3. The van der Waals surface area contributed by atoms with Crippen molar-refractivity contribution in [3.63, 3.8) is 0 Å². The molecule has 0 fully saturated rings. The largest absolute Gasteiger partial charge is 0.482 e. The van der Waals surface area contributed by atoms with Crippen LogP contribution in [0.1, 0.15) is 22.3 Å². The van der Waals surface area contributed by atoms with Crippen LogP contribution in [0.2, 0.25) is 0 Å². The molecule has 3 aromatic rings. The number of rotatable bonds is 3. The summed E-state index contributed by atoms with van der Waals surface area (Å²) >= 11 is 1.16. The van der Waals surface area contributed by atoms with E-state index < -0.39 is 5.97 Å². The molecule has 3 heterocycles. The Morgan fingerprint density at radius 3 is 2.96 bits per heavy atom. The highest BCUT2D eigenvalue weighted by molar-refractivity contribution is 7.19. The molecule has 0 bridgehead atoms. The number of likely N-dealkylation sites (N-methyl/N-ethyl adjacent to an activating group) is 1. The molecule has 2 aromatic heterocycles. The number of thiazole rings is 1. The number of benzene rings is 1. The molecule has 1 N–H and O–H groups in total. The average Bonchev–Trinajstić information content (AvgIpc) is 3.15. The van der Waals surface area contributed by atoms with Crippen molar-refractivity contribution in [1.82, 2.24) is 9.38 Å². The number of carbonyl (C=O) groups is 2. The molecule has 8 heteroatoms. The molecule has 0 saturated carbocycles. The second kappa shape index (κ2) is 5.59. The monoisotopic (exact) mass is 357 g/mol. The SMILES string of the molecule is CCc1c(C(=O)O)sc2nc(-c3ccc4c(c3)N(C)C(=O)CO4)cn12. The van der Waals surface area contributed by atoms with Gasteiger partial charge in [0, 0.05) is 24.5 Å².